The van der Waals surface area contributed by atoms with Crippen LogP contribution < -0.4 is 5.32 Å². The Labute approximate surface area is 116 Å². The number of rotatable bonds is 2. The molecule has 1 N–H and O–H groups in total. The van der Waals surface area contributed by atoms with Crippen LogP contribution in [0.2, 0.25) is 0 Å². The molecule has 2 nitrogen and oxygen atoms in total. The zero-order valence-corrected chi connectivity index (χ0v) is 11.9. The first-order valence-corrected chi connectivity index (χ1v) is 7.80. The average molecular weight is 256 g/mol. The summed E-state index contributed by atoms with van der Waals surface area (Å²) in [5.74, 6) is 0.930. The third kappa shape index (κ3) is 2.11. The summed E-state index contributed by atoms with van der Waals surface area (Å²) in [4.78, 5) is 2.76. The van der Waals surface area contributed by atoms with E-state index in [1.807, 2.05) is 0 Å². The zero-order chi connectivity index (χ0) is 12.9. The smallest absolute Gasteiger partial charge is 0.0309 e. The van der Waals surface area contributed by atoms with Crippen LogP contribution >= 0.6 is 0 Å². The fourth-order valence-corrected chi connectivity index (χ4v) is 4.14. The summed E-state index contributed by atoms with van der Waals surface area (Å²) in [6, 6.07) is 9.76. The Bertz CT molecular complexity index is 455. The van der Waals surface area contributed by atoms with Crippen LogP contribution in [-0.2, 0) is 12.8 Å². The van der Waals surface area contributed by atoms with Gasteiger partial charge in [0, 0.05) is 31.2 Å². The summed E-state index contributed by atoms with van der Waals surface area (Å²) in [7, 11) is 0. The van der Waals surface area contributed by atoms with Gasteiger partial charge in [-0.3, -0.25) is 4.90 Å². The minimum absolute atomic E-state index is 0.382. The maximum atomic E-state index is 3.79. The van der Waals surface area contributed by atoms with Crippen molar-refractivity contribution < 1.29 is 0 Å². The lowest BCUT2D eigenvalue weighted by molar-refractivity contribution is 0.0914. The molecular weight excluding hydrogens is 232 g/mol. The number of nitrogens with zero attached hydrogens (tertiary/aromatic N) is 1. The van der Waals surface area contributed by atoms with E-state index < -0.39 is 0 Å². The summed E-state index contributed by atoms with van der Waals surface area (Å²) in [5, 5.41) is 3.79. The van der Waals surface area contributed by atoms with Gasteiger partial charge in [-0.2, -0.15) is 0 Å². The van der Waals surface area contributed by atoms with Crippen molar-refractivity contribution >= 4 is 0 Å². The van der Waals surface area contributed by atoms with Gasteiger partial charge in [0.15, 0.2) is 0 Å². The molecule has 0 amide bonds. The average Bonchev–Trinajstić information content (AvgIpc) is 3.19. The van der Waals surface area contributed by atoms with Crippen LogP contribution in [0.3, 0.4) is 0 Å². The molecule has 2 aliphatic carbocycles. The van der Waals surface area contributed by atoms with Crippen molar-refractivity contribution in [2.45, 2.75) is 44.2 Å². The number of hydrogen-bond donors (Lipinski definition) is 1. The molecule has 3 aliphatic rings. The van der Waals surface area contributed by atoms with E-state index >= 15 is 0 Å². The molecular formula is C17H24N2. The van der Waals surface area contributed by atoms with Crippen LogP contribution in [0.15, 0.2) is 24.3 Å². The molecule has 1 heterocycles. The molecule has 0 bridgehead atoms. The minimum Gasteiger partial charge on any atom is -0.309 e. The highest BCUT2D eigenvalue weighted by molar-refractivity contribution is 5.33. The maximum absolute atomic E-state index is 3.79. The Kier molecular flexibility index (Phi) is 2.71. The summed E-state index contributed by atoms with van der Waals surface area (Å²) in [6.45, 7) is 6.08. The van der Waals surface area contributed by atoms with Gasteiger partial charge < -0.3 is 5.32 Å². The Morgan fingerprint density at radius 1 is 1.16 bits per heavy atom. The van der Waals surface area contributed by atoms with E-state index in [1.54, 1.807) is 11.1 Å². The van der Waals surface area contributed by atoms with Crippen molar-refractivity contribution in [2.75, 3.05) is 19.6 Å². The molecule has 1 aliphatic heterocycles. The molecule has 1 aromatic rings. The maximum Gasteiger partial charge on any atom is 0.0309 e. The van der Waals surface area contributed by atoms with Crippen molar-refractivity contribution in [1.82, 2.24) is 10.2 Å². The second-order valence-corrected chi connectivity index (χ2v) is 6.92. The van der Waals surface area contributed by atoms with E-state index in [9.17, 15) is 0 Å². The molecule has 4 rings (SSSR count). The van der Waals surface area contributed by atoms with E-state index in [-0.39, 0.29) is 0 Å². The van der Waals surface area contributed by atoms with Crippen molar-refractivity contribution in [3.63, 3.8) is 0 Å². The lowest BCUT2D eigenvalue weighted by Crippen LogP contribution is -2.62. The fourth-order valence-electron chi connectivity index (χ4n) is 4.14. The summed E-state index contributed by atoms with van der Waals surface area (Å²) in [5.41, 5.74) is 3.55. The number of benzene rings is 1. The van der Waals surface area contributed by atoms with E-state index in [0.717, 1.165) is 12.0 Å². The third-order valence-corrected chi connectivity index (χ3v) is 5.48. The van der Waals surface area contributed by atoms with Gasteiger partial charge in [0.05, 0.1) is 0 Å². The van der Waals surface area contributed by atoms with Crippen molar-refractivity contribution in [3.05, 3.63) is 35.4 Å². The van der Waals surface area contributed by atoms with Crippen LogP contribution in [-0.4, -0.2) is 36.1 Å². The Balaban J connectivity index is 1.49. The molecule has 0 spiro atoms. The normalized spacial score (nSPS) is 32.5. The van der Waals surface area contributed by atoms with Gasteiger partial charge in [-0.1, -0.05) is 24.3 Å². The van der Waals surface area contributed by atoms with E-state index in [0.29, 0.717) is 5.54 Å². The molecule has 0 radical (unpaired) electrons. The lowest BCUT2D eigenvalue weighted by atomic mass is 9.92. The highest BCUT2D eigenvalue weighted by Gasteiger charge is 2.45. The lowest BCUT2D eigenvalue weighted by Gasteiger charge is -2.44. The van der Waals surface area contributed by atoms with Gasteiger partial charge in [0.25, 0.3) is 0 Å². The summed E-state index contributed by atoms with van der Waals surface area (Å²) >= 11 is 0. The molecule has 1 saturated heterocycles. The molecule has 102 valence electrons. The second-order valence-electron chi connectivity index (χ2n) is 6.92. The fraction of sp³-hybridized carbons (Fsp3) is 0.647. The van der Waals surface area contributed by atoms with Gasteiger partial charge in [-0.25, -0.2) is 0 Å². The van der Waals surface area contributed by atoms with Crippen molar-refractivity contribution in [1.29, 1.82) is 0 Å². The second kappa shape index (κ2) is 4.32. The zero-order valence-electron chi connectivity index (χ0n) is 11.9. The van der Waals surface area contributed by atoms with Crippen LogP contribution in [0, 0.1) is 5.92 Å². The van der Waals surface area contributed by atoms with E-state index in [4.69, 9.17) is 0 Å². The van der Waals surface area contributed by atoms with Gasteiger partial charge in [0.1, 0.15) is 0 Å². The quantitative estimate of drug-likeness (QED) is 0.873. The molecule has 19 heavy (non-hydrogen) atoms. The predicted octanol–water partition coefficient (Wildman–Crippen LogP) is 2.23. The molecule has 1 atom stereocenters. The standard InChI is InChI=1S/C17H24N2/c1-17(15-6-7-15)12-19(9-8-18-17)16-10-13-4-2-3-5-14(13)11-16/h2-5,15-16,18H,6-12H2,1H3. The Morgan fingerprint density at radius 2 is 1.84 bits per heavy atom. The van der Waals surface area contributed by atoms with Crippen LogP contribution in [0.25, 0.3) is 0 Å². The van der Waals surface area contributed by atoms with Gasteiger partial charge in [-0.05, 0) is 49.7 Å². The number of hydrogen-bond acceptors (Lipinski definition) is 2. The topological polar surface area (TPSA) is 15.3 Å². The number of nitrogens with one attached hydrogen (secondary N) is 1. The van der Waals surface area contributed by atoms with Crippen molar-refractivity contribution in [3.8, 4) is 0 Å². The molecule has 1 saturated carbocycles. The predicted molar refractivity (Wildman–Crippen MR) is 78.3 cm³/mol. The molecule has 2 heteroatoms. The SMILES string of the molecule is CC1(C2CC2)CN(C2Cc3ccccc3C2)CCN1. The first kappa shape index (κ1) is 11.9. The number of fused-ring (bicyclic) bond motifs is 1. The molecule has 1 aromatic carbocycles. The molecule has 2 fully saturated rings. The molecule has 1 unspecified atom stereocenters. The van der Waals surface area contributed by atoms with Crippen LogP contribution in [0.5, 0.6) is 0 Å². The van der Waals surface area contributed by atoms with E-state index in [1.165, 1.54) is 45.3 Å². The van der Waals surface area contributed by atoms with Gasteiger partial charge >= 0.3 is 0 Å². The summed E-state index contributed by atoms with van der Waals surface area (Å²) < 4.78 is 0. The monoisotopic (exact) mass is 256 g/mol. The third-order valence-electron chi connectivity index (χ3n) is 5.48. The summed E-state index contributed by atoms with van der Waals surface area (Å²) in [6.07, 6.45) is 5.39. The highest BCUT2D eigenvalue weighted by atomic mass is 15.2. The number of piperazine rings is 1. The van der Waals surface area contributed by atoms with Crippen LogP contribution in [0.1, 0.15) is 30.9 Å². The Hall–Kier alpha value is -0.860. The minimum atomic E-state index is 0.382. The highest BCUT2D eigenvalue weighted by Crippen LogP contribution is 2.41. The first-order valence-electron chi connectivity index (χ1n) is 7.80. The van der Waals surface area contributed by atoms with Gasteiger partial charge in [0.2, 0.25) is 0 Å². The van der Waals surface area contributed by atoms with Gasteiger partial charge in [-0.15, -0.1) is 0 Å². The van der Waals surface area contributed by atoms with Crippen molar-refractivity contribution in [2.24, 2.45) is 5.92 Å². The first-order chi connectivity index (χ1) is 9.24. The largest absolute Gasteiger partial charge is 0.309 e. The van der Waals surface area contributed by atoms with E-state index in [2.05, 4.69) is 41.4 Å². The molecule has 0 aromatic heterocycles. The Morgan fingerprint density at radius 3 is 2.47 bits per heavy atom. The van der Waals surface area contributed by atoms with Crippen LogP contribution in [0.4, 0.5) is 0 Å².